The quantitative estimate of drug-likeness (QED) is 0.845. The van der Waals surface area contributed by atoms with E-state index >= 15 is 0 Å². The summed E-state index contributed by atoms with van der Waals surface area (Å²) in [6.07, 6.45) is 0.882. The molecule has 1 aliphatic rings. The normalized spacial score (nSPS) is 18.1. The number of carbonyl (C=O) groups excluding carboxylic acids is 1. The molecule has 2 N–H and O–H groups in total. The summed E-state index contributed by atoms with van der Waals surface area (Å²) in [5.41, 5.74) is 3.61. The Morgan fingerprint density at radius 2 is 2.00 bits per heavy atom. The van der Waals surface area contributed by atoms with Crippen molar-refractivity contribution >= 4 is 11.6 Å². The third kappa shape index (κ3) is 4.04. The molecule has 140 valence electrons. The van der Waals surface area contributed by atoms with Gasteiger partial charge in [0.15, 0.2) is 18.0 Å². The van der Waals surface area contributed by atoms with Crippen LogP contribution in [0.3, 0.4) is 0 Å². The minimum atomic E-state index is -0.0594. The molecule has 6 nitrogen and oxygen atoms in total. The maximum absolute atomic E-state index is 12.5. The van der Waals surface area contributed by atoms with Crippen molar-refractivity contribution in [2.45, 2.75) is 19.4 Å². The number of methoxy groups -OCH3 is 2. The van der Waals surface area contributed by atoms with Gasteiger partial charge in [-0.25, -0.2) is 0 Å². The first-order valence-corrected chi connectivity index (χ1v) is 8.95. The van der Waals surface area contributed by atoms with E-state index in [1.807, 2.05) is 12.1 Å². The lowest BCUT2D eigenvalue weighted by Gasteiger charge is -2.32. The van der Waals surface area contributed by atoms with E-state index in [0.29, 0.717) is 23.5 Å². The highest BCUT2D eigenvalue weighted by Crippen LogP contribution is 2.33. The van der Waals surface area contributed by atoms with Gasteiger partial charge in [-0.05, 0) is 42.8 Å². The van der Waals surface area contributed by atoms with E-state index in [1.165, 1.54) is 16.0 Å². The predicted octanol–water partition coefficient (Wildman–Crippen LogP) is 1.72. The van der Waals surface area contributed by atoms with Gasteiger partial charge < -0.3 is 19.7 Å². The lowest BCUT2D eigenvalue weighted by molar-refractivity contribution is -0.924. The highest BCUT2D eigenvalue weighted by Gasteiger charge is 2.30. The Morgan fingerprint density at radius 3 is 2.70 bits per heavy atom. The van der Waals surface area contributed by atoms with Crippen molar-refractivity contribution in [3.8, 4) is 17.6 Å². The minimum Gasteiger partial charge on any atom is -0.493 e. The van der Waals surface area contributed by atoms with Gasteiger partial charge in [-0.1, -0.05) is 6.07 Å². The molecule has 2 aromatic carbocycles. The van der Waals surface area contributed by atoms with Crippen LogP contribution in [0.2, 0.25) is 0 Å². The van der Waals surface area contributed by atoms with Crippen LogP contribution < -0.4 is 19.7 Å². The van der Waals surface area contributed by atoms with E-state index in [4.69, 9.17) is 14.7 Å². The Morgan fingerprint density at radius 1 is 1.26 bits per heavy atom. The summed E-state index contributed by atoms with van der Waals surface area (Å²) >= 11 is 0. The first-order valence-electron chi connectivity index (χ1n) is 8.95. The third-order valence-electron chi connectivity index (χ3n) is 5.10. The fraction of sp³-hybridized carbons (Fsp3) is 0.333. The third-order valence-corrected chi connectivity index (χ3v) is 5.10. The molecule has 1 unspecified atom stereocenters. The van der Waals surface area contributed by atoms with Crippen molar-refractivity contribution in [3.05, 3.63) is 53.1 Å². The molecule has 0 radical (unpaired) electrons. The SMILES string of the molecule is COc1cc2c(cc1OC)[C@H](C)[NH+](CC(=O)Nc1cccc(C#N)c1)CC2. The molecule has 6 heteroatoms. The average molecular weight is 366 g/mol. The van der Waals surface area contributed by atoms with Gasteiger partial charge >= 0.3 is 0 Å². The number of ether oxygens (including phenoxy) is 2. The molecular weight excluding hydrogens is 342 g/mol. The van der Waals surface area contributed by atoms with Crippen LogP contribution in [0.5, 0.6) is 11.5 Å². The number of carbonyl (C=O) groups is 1. The molecule has 1 aliphatic heterocycles. The second kappa shape index (κ2) is 8.11. The van der Waals surface area contributed by atoms with Crippen LogP contribution in [-0.4, -0.2) is 33.2 Å². The van der Waals surface area contributed by atoms with Crippen LogP contribution in [0.1, 0.15) is 29.7 Å². The van der Waals surface area contributed by atoms with Crippen molar-refractivity contribution in [1.82, 2.24) is 0 Å². The maximum Gasteiger partial charge on any atom is 0.279 e. The van der Waals surface area contributed by atoms with Crippen LogP contribution in [0.25, 0.3) is 0 Å². The Labute approximate surface area is 159 Å². The number of nitrogens with one attached hydrogen (secondary N) is 2. The fourth-order valence-electron chi connectivity index (χ4n) is 3.61. The summed E-state index contributed by atoms with van der Waals surface area (Å²) in [6, 6.07) is 13.3. The van der Waals surface area contributed by atoms with Crippen LogP contribution in [0, 0.1) is 11.3 Å². The van der Waals surface area contributed by atoms with E-state index in [-0.39, 0.29) is 11.9 Å². The van der Waals surface area contributed by atoms with E-state index < -0.39 is 0 Å². The van der Waals surface area contributed by atoms with Crippen molar-refractivity contribution in [3.63, 3.8) is 0 Å². The first-order chi connectivity index (χ1) is 13.0. The summed E-state index contributed by atoms with van der Waals surface area (Å²) in [6.45, 7) is 3.36. The summed E-state index contributed by atoms with van der Waals surface area (Å²) < 4.78 is 10.8. The zero-order valence-corrected chi connectivity index (χ0v) is 15.8. The molecule has 0 aromatic heterocycles. The standard InChI is InChI=1S/C21H23N3O3/c1-14-18-11-20(27-3)19(26-2)10-16(18)7-8-24(14)13-21(25)23-17-6-4-5-15(9-17)12-22/h4-6,9-11,14H,7-8,13H2,1-3H3,(H,23,25)/p+1/t14-/m0/s1. The van der Waals surface area contributed by atoms with E-state index in [1.54, 1.807) is 38.5 Å². The average Bonchev–Trinajstić information content (AvgIpc) is 2.69. The number of nitriles is 1. The Kier molecular flexibility index (Phi) is 5.63. The van der Waals surface area contributed by atoms with Gasteiger partial charge in [-0.3, -0.25) is 4.79 Å². The number of hydrogen-bond donors (Lipinski definition) is 2. The predicted molar refractivity (Wildman–Crippen MR) is 102 cm³/mol. The maximum atomic E-state index is 12.5. The molecule has 3 rings (SSSR count). The second-order valence-corrected chi connectivity index (χ2v) is 6.70. The molecule has 1 heterocycles. The Hall–Kier alpha value is -3.04. The summed E-state index contributed by atoms with van der Waals surface area (Å²) in [5, 5.41) is 11.9. The fourth-order valence-corrected chi connectivity index (χ4v) is 3.61. The summed E-state index contributed by atoms with van der Waals surface area (Å²) in [7, 11) is 3.27. The van der Waals surface area contributed by atoms with Gasteiger partial charge in [0.25, 0.3) is 5.91 Å². The minimum absolute atomic E-state index is 0.0594. The number of hydrogen-bond acceptors (Lipinski definition) is 4. The number of benzene rings is 2. The van der Waals surface area contributed by atoms with E-state index in [9.17, 15) is 4.79 Å². The Bertz CT molecular complexity index is 889. The van der Waals surface area contributed by atoms with Gasteiger partial charge in [-0.2, -0.15) is 5.26 Å². The van der Waals surface area contributed by atoms with Crippen molar-refractivity contribution in [2.75, 3.05) is 32.6 Å². The molecule has 0 aliphatic carbocycles. The van der Waals surface area contributed by atoms with Crippen LogP contribution in [-0.2, 0) is 11.2 Å². The number of amides is 1. The molecule has 0 saturated carbocycles. The zero-order chi connectivity index (χ0) is 19.4. The molecule has 27 heavy (non-hydrogen) atoms. The van der Waals surface area contributed by atoms with E-state index in [2.05, 4.69) is 18.3 Å². The van der Waals surface area contributed by atoms with E-state index in [0.717, 1.165) is 18.7 Å². The van der Waals surface area contributed by atoms with Crippen molar-refractivity contribution < 1.29 is 19.2 Å². The lowest BCUT2D eigenvalue weighted by Crippen LogP contribution is -3.14. The second-order valence-electron chi connectivity index (χ2n) is 6.70. The smallest absolute Gasteiger partial charge is 0.279 e. The molecule has 2 aromatic rings. The highest BCUT2D eigenvalue weighted by atomic mass is 16.5. The van der Waals surface area contributed by atoms with Crippen molar-refractivity contribution in [2.24, 2.45) is 0 Å². The van der Waals surface area contributed by atoms with Gasteiger partial charge in [0, 0.05) is 17.7 Å². The number of rotatable bonds is 5. The monoisotopic (exact) mass is 366 g/mol. The van der Waals surface area contributed by atoms with Crippen LogP contribution in [0.15, 0.2) is 36.4 Å². The van der Waals surface area contributed by atoms with Crippen LogP contribution >= 0.6 is 0 Å². The molecule has 0 spiro atoms. The highest BCUT2D eigenvalue weighted by molar-refractivity contribution is 5.91. The largest absolute Gasteiger partial charge is 0.493 e. The zero-order valence-electron chi connectivity index (χ0n) is 15.8. The molecule has 0 saturated heterocycles. The molecule has 1 amide bonds. The lowest BCUT2D eigenvalue weighted by atomic mass is 9.93. The van der Waals surface area contributed by atoms with Gasteiger partial charge in [0.2, 0.25) is 0 Å². The van der Waals surface area contributed by atoms with Gasteiger partial charge in [0.1, 0.15) is 6.04 Å². The van der Waals surface area contributed by atoms with Crippen LogP contribution in [0.4, 0.5) is 5.69 Å². The summed E-state index contributed by atoms with van der Waals surface area (Å²) in [5.74, 6) is 1.39. The van der Waals surface area contributed by atoms with Gasteiger partial charge in [-0.15, -0.1) is 0 Å². The first kappa shape index (κ1) is 18.7. The molecular formula is C21H24N3O3+. The Balaban J connectivity index is 1.72. The number of nitrogens with zero attached hydrogens (tertiary/aromatic N) is 1. The summed E-state index contributed by atoms with van der Waals surface area (Å²) in [4.78, 5) is 13.7. The molecule has 0 fully saturated rings. The van der Waals surface area contributed by atoms with Gasteiger partial charge in [0.05, 0.1) is 32.4 Å². The molecule has 2 atom stereocenters. The number of quaternary nitrogens is 1. The molecule has 0 bridgehead atoms. The topological polar surface area (TPSA) is 75.8 Å². The van der Waals surface area contributed by atoms with Crippen molar-refractivity contribution in [1.29, 1.82) is 5.26 Å². The number of anilines is 1. The number of fused-ring (bicyclic) bond motifs is 1.